The van der Waals surface area contributed by atoms with Crippen LogP contribution in [0.3, 0.4) is 0 Å². The maximum absolute atomic E-state index is 2.39. The summed E-state index contributed by atoms with van der Waals surface area (Å²) in [5.74, 6) is 0. The summed E-state index contributed by atoms with van der Waals surface area (Å²) in [5, 5.41) is 0. The number of allylic oxidation sites excluding steroid dienone is 8. The van der Waals surface area contributed by atoms with E-state index in [9.17, 15) is 0 Å². The summed E-state index contributed by atoms with van der Waals surface area (Å²) in [6, 6.07) is 0. The molecular formula is C14H18. The third-order valence-corrected chi connectivity index (χ3v) is 2.90. The fraction of sp³-hybridized carbons (Fsp3) is 0.429. The number of rotatable bonds is 4. The first-order chi connectivity index (χ1) is 6.90. The van der Waals surface area contributed by atoms with Crippen LogP contribution in [0.15, 0.2) is 47.1 Å². The van der Waals surface area contributed by atoms with Crippen molar-refractivity contribution >= 4 is 0 Å². The predicted molar refractivity (Wildman–Crippen MR) is 62.1 cm³/mol. The van der Waals surface area contributed by atoms with Crippen LogP contribution in [0.25, 0.3) is 0 Å². The maximum Gasteiger partial charge on any atom is -0.00857 e. The lowest BCUT2D eigenvalue weighted by atomic mass is 10.1. The molecule has 0 nitrogen and oxygen atoms in total. The molecule has 0 heterocycles. The fourth-order valence-corrected chi connectivity index (χ4v) is 2.04. The Hall–Kier alpha value is -1.04. The van der Waals surface area contributed by atoms with Crippen LogP contribution < -0.4 is 0 Å². The Balaban J connectivity index is 1.96. The maximum atomic E-state index is 2.39. The van der Waals surface area contributed by atoms with Gasteiger partial charge in [-0.05, 0) is 36.8 Å². The molecule has 0 saturated carbocycles. The largest absolute Gasteiger partial charge is 0.0801 e. The molecule has 0 radical (unpaired) electrons. The summed E-state index contributed by atoms with van der Waals surface area (Å²) in [7, 11) is 0. The second-order valence-corrected chi connectivity index (χ2v) is 4.05. The smallest absolute Gasteiger partial charge is 0.00857 e. The molecule has 0 aromatic carbocycles. The quantitative estimate of drug-likeness (QED) is 0.613. The van der Waals surface area contributed by atoms with Crippen LogP contribution >= 0.6 is 0 Å². The average molecular weight is 186 g/mol. The second kappa shape index (κ2) is 4.45. The number of hydrogen-bond donors (Lipinski definition) is 0. The molecule has 0 spiro atoms. The van der Waals surface area contributed by atoms with Gasteiger partial charge in [0.05, 0.1) is 0 Å². The number of unbranched alkanes of at least 4 members (excludes halogenated alkanes) is 1. The first-order valence-corrected chi connectivity index (χ1v) is 5.67. The summed E-state index contributed by atoms with van der Waals surface area (Å²) in [4.78, 5) is 0. The van der Waals surface area contributed by atoms with Gasteiger partial charge in [0.25, 0.3) is 0 Å². The molecule has 0 heteroatoms. The molecule has 0 fully saturated rings. The van der Waals surface area contributed by atoms with Crippen molar-refractivity contribution in [1.82, 2.24) is 0 Å². The van der Waals surface area contributed by atoms with Crippen molar-refractivity contribution in [2.75, 3.05) is 0 Å². The monoisotopic (exact) mass is 186 g/mol. The van der Waals surface area contributed by atoms with Crippen molar-refractivity contribution < 1.29 is 0 Å². The molecule has 0 aromatic rings. The summed E-state index contributed by atoms with van der Waals surface area (Å²) in [5.41, 5.74) is 4.51. The molecule has 74 valence electrons. The van der Waals surface area contributed by atoms with Crippen LogP contribution in [0.2, 0.25) is 0 Å². The molecule has 2 aliphatic rings. The van der Waals surface area contributed by atoms with Crippen molar-refractivity contribution in [2.45, 2.75) is 39.0 Å². The topological polar surface area (TPSA) is 0 Å². The van der Waals surface area contributed by atoms with E-state index < -0.39 is 0 Å². The van der Waals surface area contributed by atoms with Gasteiger partial charge in [0.1, 0.15) is 0 Å². The van der Waals surface area contributed by atoms with Crippen molar-refractivity contribution in [3.63, 3.8) is 0 Å². The minimum absolute atomic E-state index is 1.12. The van der Waals surface area contributed by atoms with Crippen LogP contribution in [0.4, 0.5) is 0 Å². The van der Waals surface area contributed by atoms with Crippen LogP contribution in [-0.4, -0.2) is 0 Å². The Morgan fingerprint density at radius 1 is 1.29 bits per heavy atom. The summed E-state index contributed by atoms with van der Waals surface area (Å²) >= 11 is 0. The first kappa shape index (κ1) is 9.51. The minimum Gasteiger partial charge on any atom is -0.0801 e. The molecule has 0 aliphatic heterocycles. The molecule has 2 rings (SSSR count). The molecule has 0 atom stereocenters. The van der Waals surface area contributed by atoms with Gasteiger partial charge in [0, 0.05) is 0 Å². The Kier molecular flexibility index (Phi) is 3.03. The van der Waals surface area contributed by atoms with Crippen LogP contribution in [0.5, 0.6) is 0 Å². The normalized spacial score (nSPS) is 19.6. The highest BCUT2D eigenvalue weighted by atomic mass is 14.1. The highest BCUT2D eigenvalue weighted by Gasteiger charge is 2.10. The molecule has 0 amide bonds. The van der Waals surface area contributed by atoms with E-state index in [0.29, 0.717) is 0 Å². The zero-order valence-electron chi connectivity index (χ0n) is 8.92. The molecule has 0 saturated heterocycles. The summed E-state index contributed by atoms with van der Waals surface area (Å²) < 4.78 is 0. The van der Waals surface area contributed by atoms with Gasteiger partial charge in [0.15, 0.2) is 0 Å². The zero-order chi connectivity index (χ0) is 9.80. The Labute approximate surface area is 86.7 Å². The second-order valence-electron chi connectivity index (χ2n) is 4.05. The van der Waals surface area contributed by atoms with Crippen molar-refractivity contribution in [3.8, 4) is 0 Å². The first-order valence-electron chi connectivity index (χ1n) is 5.67. The van der Waals surface area contributed by atoms with Crippen molar-refractivity contribution in [3.05, 3.63) is 47.1 Å². The van der Waals surface area contributed by atoms with Gasteiger partial charge < -0.3 is 0 Å². The lowest BCUT2D eigenvalue weighted by Crippen LogP contribution is -1.79. The third-order valence-electron chi connectivity index (χ3n) is 2.90. The SMILES string of the molecule is CCCCC1=CCC(C2=CCC=C2)=C1. The van der Waals surface area contributed by atoms with E-state index in [1.54, 1.807) is 5.57 Å². The van der Waals surface area contributed by atoms with E-state index in [1.807, 2.05) is 0 Å². The average Bonchev–Trinajstić information content (AvgIpc) is 2.85. The van der Waals surface area contributed by atoms with Crippen LogP contribution in [-0.2, 0) is 0 Å². The van der Waals surface area contributed by atoms with Gasteiger partial charge in [-0.15, -0.1) is 0 Å². The molecular weight excluding hydrogens is 168 g/mol. The van der Waals surface area contributed by atoms with Gasteiger partial charge in [-0.25, -0.2) is 0 Å². The fourth-order valence-electron chi connectivity index (χ4n) is 2.04. The molecule has 0 bridgehead atoms. The lowest BCUT2D eigenvalue weighted by molar-refractivity contribution is 0.798. The molecule has 2 aliphatic carbocycles. The Morgan fingerprint density at radius 2 is 2.21 bits per heavy atom. The minimum atomic E-state index is 1.12. The van der Waals surface area contributed by atoms with E-state index in [2.05, 4.69) is 37.3 Å². The Morgan fingerprint density at radius 3 is 2.93 bits per heavy atom. The predicted octanol–water partition coefficient (Wildman–Crippen LogP) is 4.32. The molecule has 0 N–H and O–H groups in total. The molecule has 0 aromatic heterocycles. The summed E-state index contributed by atoms with van der Waals surface area (Å²) in [6.45, 7) is 2.25. The van der Waals surface area contributed by atoms with Crippen LogP contribution in [0.1, 0.15) is 39.0 Å². The van der Waals surface area contributed by atoms with Gasteiger partial charge in [0.2, 0.25) is 0 Å². The highest BCUT2D eigenvalue weighted by Crippen LogP contribution is 2.29. The van der Waals surface area contributed by atoms with Crippen LogP contribution in [0, 0.1) is 0 Å². The number of hydrogen-bond acceptors (Lipinski definition) is 0. The van der Waals surface area contributed by atoms with Gasteiger partial charge in [-0.3, -0.25) is 0 Å². The van der Waals surface area contributed by atoms with Gasteiger partial charge in [-0.2, -0.15) is 0 Å². The van der Waals surface area contributed by atoms with E-state index >= 15 is 0 Å². The van der Waals surface area contributed by atoms with Gasteiger partial charge >= 0.3 is 0 Å². The Bertz CT molecular complexity index is 324. The standard InChI is InChI=1S/C14H18/c1-2-3-6-12-9-10-14(11-12)13-7-4-5-8-13/h4,7-9,11H,2-3,5-6,10H2,1H3. The van der Waals surface area contributed by atoms with E-state index in [0.717, 1.165) is 12.8 Å². The molecule has 0 unspecified atom stereocenters. The summed E-state index contributed by atoms with van der Waals surface area (Å²) in [6.07, 6.45) is 17.7. The molecule has 14 heavy (non-hydrogen) atoms. The van der Waals surface area contributed by atoms with E-state index in [-0.39, 0.29) is 0 Å². The van der Waals surface area contributed by atoms with E-state index in [4.69, 9.17) is 0 Å². The van der Waals surface area contributed by atoms with E-state index in [1.165, 1.54) is 30.4 Å². The third kappa shape index (κ3) is 2.06. The van der Waals surface area contributed by atoms with Gasteiger partial charge in [-0.1, -0.05) is 49.3 Å². The highest BCUT2D eigenvalue weighted by molar-refractivity contribution is 5.50. The van der Waals surface area contributed by atoms with Crippen molar-refractivity contribution in [2.24, 2.45) is 0 Å². The zero-order valence-corrected chi connectivity index (χ0v) is 8.92. The van der Waals surface area contributed by atoms with Crippen molar-refractivity contribution in [1.29, 1.82) is 0 Å². The lowest BCUT2D eigenvalue weighted by Gasteiger charge is -1.98.